The van der Waals surface area contributed by atoms with E-state index in [2.05, 4.69) is 91.0 Å². The Morgan fingerprint density at radius 3 is 1.86 bits per heavy atom. The topological polar surface area (TPSA) is 0 Å². The fourth-order valence-corrected chi connectivity index (χ4v) is 2.53. The van der Waals surface area contributed by atoms with Crippen molar-refractivity contribution in [3.05, 3.63) is 102 Å². The van der Waals surface area contributed by atoms with Gasteiger partial charge in [0.15, 0.2) is 0 Å². The molecule has 0 heteroatoms. The normalized spacial score (nSPS) is 10.9. The van der Waals surface area contributed by atoms with E-state index >= 15 is 0 Å². The van der Waals surface area contributed by atoms with Gasteiger partial charge < -0.3 is 0 Å². The largest absolute Gasteiger partial charge is 0.0836 e. The minimum atomic E-state index is 1.07. The average Bonchev–Trinajstić information content (AvgIpc) is 2.61. The molecule has 0 unspecified atom stereocenters. The highest BCUT2D eigenvalue weighted by Crippen LogP contribution is 2.19. The molecule has 0 atom stereocenters. The molecular formula is C22H20. The lowest BCUT2D eigenvalue weighted by Crippen LogP contribution is -1.81. The van der Waals surface area contributed by atoms with Gasteiger partial charge in [-0.3, -0.25) is 0 Å². The van der Waals surface area contributed by atoms with Crippen LogP contribution in [0.3, 0.4) is 0 Å². The zero-order chi connectivity index (χ0) is 15.0. The van der Waals surface area contributed by atoms with Crippen LogP contribution in [0.2, 0.25) is 0 Å². The Kier molecular flexibility index (Phi) is 4.84. The molecule has 108 valence electrons. The Labute approximate surface area is 132 Å². The lowest BCUT2D eigenvalue weighted by molar-refractivity contribution is 1.01. The average molecular weight is 284 g/mol. The summed E-state index contributed by atoms with van der Waals surface area (Å²) >= 11 is 0. The van der Waals surface area contributed by atoms with Crippen molar-refractivity contribution >= 4 is 6.08 Å². The Morgan fingerprint density at radius 1 is 0.591 bits per heavy atom. The molecule has 0 fully saturated rings. The monoisotopic (exact) mass is 284 g/mol. The van der Waals surface area contributed by atoms with Crippen LogP contribution < -0.4 is 0 Å². The molecule has 3 rings (SSSR count). The Morgan fingerprint density at radius 2 is 1.18 bits per heavy atom. The summed E-state index contributed by atoms with van der Waals surface area (Å²) in [7, 11) is 0. The SMILES string of the molecule is C(=C\c1ccc(-c2ccccc2)cc1)/CCc1ccccc1. The second kappa shape index (κ2) is 7.42. The minimum absolute atomic E-state index is 1.07. The van der Waals surface area contributed by atoms with Crippen LogP contribution in [0.4, 0.5) is 0 Å². The van der Waals surface area contributed by atoms with Crippen LogP contribution in [0.1, 0.15) is 17.5 Å². The van der Waals surface area contributed by atoms with E-state index in [1.165, 1.54) is 22.3 Å². The molecule has 22 heavy (non-hydrogen) atoms. The summed E-state index contributed by atoms with van der Waals surface area (Å²) in [6.07, 6.45) is 6.63. The number of hydrogen-bond acceptors (Lipinski definition) is 0. The van der Waals surface area contributed by atoms with Crippen LogP contribution in [-0.4, -0.2) is 0 Å². The second-order valence-corrected chi connectivity index (χ2v) is 5.41. The summed E-state index contributed by atoms with van der Waals surface area (Å²) < 4.78 is 0. The Balaban J connectivity index is 1.58. The third-order valence-corrected chi connectivity index (χ3v) is 3.77. The first-order valence-electron chi connectivity index (χ1n) is 7.78. The first kappa shape index (κ1) is 14.3. The minimum Gasteiger partial charge on any atom is -0.0836 e. The van der Waals surface area contributed by atoms with Gasteiger partial charge in [-0.2, -0.15) is 0 Å². The van der Waals surface area contributed by atoms with E-state index in [-0.39, 0.29) is 0 Å². The molecule has 0 nitrogen and oxygen atoms in total. The van der Waals surface area contributed by atoms with Gasteiger partial charge in [0.1, 0.15) is 0 Å². The number of aryl methyl sites for hydroxylation is 1. The molecule has 0 N–H and O–H groups in total. The van der Waals surface area contributed by atoms with Crippen LogP contribution in [0.5, 0.6) is 0 Å². The van der Waals surface area contributed by atoms with Gasteiger partial charge in [0.2, 0.25) is 0 Å². The molecular weight excluding hydrogens is 264 g/mol. The van der Waals surface area contributed by atoms with Crippen molar-refractivity contribution in [2.75, 3.05) is 0 Å². The van der Waals surface area contributed by atoms with Gasteiger partial charge in [-0.25, -0.2) is 0 Å². The van der Waals surface area contributed by atoms with Crippen molar-refractivity contribution in [3.63, 3.8) is 0 Å². The van der Waals surface area contributed by atoms with Gasteiger partial charge in [-0.15, -0.1) is 0 Å². The van der Waals surface area contributed by atoms with Crippen molar-refractivity contribution in [2.24, 2.45) is 0 Å². The van der Waals surface area contributed by atoms with Crippen molar-refractivity contribution in [1.82, 2.24) is 0 Å². The summed E-state index contributed by atoms with van der Waals surface area (Å²) in [5, 5.41) is 0. The molecule has 0 aliphatic rings. The zero-order valence-electron chi connectivity index (χ0n) is 12.7. The Bertz CT molecular complexity index is 707. The van der Waals surface area contributed by atoms with E-state index in [0.717, 1.165) is 12.8 Å². The summed E-state index contributed by atoms with van der Waals surface area (Å²) in [6, 6.07) is 29.9. The molecule has 3 aromatic carbocycles. The first-order valence-corrected chi connectivity index (χ1v) is 7.78. The third kappa shape index (κ3) is 3.95. The van der Waals surface area contributed by atoms with Crippen LogP contribution in [0.15, 0.2) is 91.0 Å². The van der Waals surface area contributed by atoms with Gasteiger partial charge in [0, 0.05) is 0 Å². The lowest BCUT2D eigenvalue weighted by Gasteiger charge is -2.02. The van der Waals surface area contributed by atoms with Crippen molar-refractivity contribution in [2.45, 2.75) is 12.8 Å². The maximum Gasteiger partial charge on any atom is -0.0184 e. The molecule has 3 aromatic rings. The summed E-state index contributed by atoms with van der Waals surface area (Å²) in [4.78, 5) is 0. The van der Waals surface area contributed by atoms with Gasteiger partial charge in [-0.05, 0) is 35.1 Å². The number of hydrogen-bond donors (Lipinski definition) is 0. The summed E-state index contributed by atoms with van der Waals surface area (Å²) in [6.45, 7) is 0. The first-order chi connectivity index (χ1) is 10.9. The molecule has 0 aromatic heterocycles. The highest BCUT2D eigenvalue weighted by Gasteiger charge is 1.95. The third-order valence-electron chi connectivity index (χ3n) is 3.77. The maximum atomic E-state index is 2.25. The Hall–Kier alpha value is -2.60. The maximum absolute atomic E-state index is 2.25. The highest BCUT2D eigenvalue weighted by atomic mass is 14.0. The van der Waals surface area contributed by atoms with Crippen molar-refractivity contribution in [3.8, 4) is 11.1 Å². The fourth-order valence-electron chi connectivity index (χ4n) is 2.53. The fraction of sp³-hybridized carbons (Fsp3) is 0.0909. The molecule has 0 radical (unpaired) electrons. The van der Waals surface area contributed by atoms with E-state index in [1.54, 1.807) is 0 Å². The van der Waals surface area contributed by atoms with Gasteiger partial charge in [0.05, 0.1) is 0 Å². The number of allylic oxidation sites excluding steroid dienone is 1. The zero-order valence-corrected chi connectivity index (χ0v) is 12.7. The van der Waals surface area contributed by atoms with Crippen LogP contribution in [0.25, 0.3) is 17.2 Å². The number of benzene rings is 3. The van der Waals surface area contributed by atoms with E-state index in [9.17, 15) is 0 Å². The molecule has 0 saturated heterocycles. The quantitative estimate of drug-likeness (QED) is 0.539. The lowest BCUT2D eigenvalue weighted by atomic mass is 10.0. The second-order valence-electron chi connectivity index (χ2n) is 5.41. The van der Waals surface area contributed by atoms with Gasteiger partial charge in [-0.1, -0.05) is 97.1 Å². The molecule has 0 aliphatic heterocycles. The molecule has 0 saturated carbocycles. The summed E-state index contributed by atoms with van der Waals surface area (Å²) in [5.74, 6) is 0. The predicted molar refractivity (Wildman–Crippen MR) is 95.7 cm³/mol. The molecule has 0 amide bonds. The van der Waals surface area contributed by atoms with Crippen LogP contribution in [-0.2, 0) is 6.42 Å². The molecule has 0 heterocycles. The molecule has 0 aliphatic carbocycles. The number of rotatable bonds is 5. The smallest absolute Gasteiger partial charge is 0.0184 e. The summed E-state index contributed by atoms with van der Waals surface area (Å²) in [5.41, 5.74) is 5.18. The standard InChI is InChI=1S/C22H20/c1-3-9-19(10-4-1)11-7-8-12-20-15-17-22(18-16-20)21-13-5-2-6-14-21/h1-6,8-10,12-18H,7,11H2/b12-8+. The van der Waals surface area contributed by atoms with Crippen molar-refractivity contribution < 1.29 is 0 Å². The van der Waals surface area contributed by atoms with Crippen molar-refractivity contribution in [1.29, 1.82) is 0 Å². The molecule has 0 spiro atoms. The van der Waals surface area contributed by atoms with E-state index in [4.69, 9.17) is 0 Å². The van der Waals surface area contributed by atoms with E-state index in [0.29, 0.717) is 0 Å². The van der Waals surface area contributed by atoms with Gasteiger partial charge in [0.25, 0.3) is 0 Å². The van der Waals surface area contributed by atoms with Crippen LogP contribution >= 0.6 is 0 Å². The molecule has 0 bridgehead atoms. The highest BCUT2D eigenvalue weighted by molar-refractivity contribution is 5.65. The van der Waals surface area contributed by atoms with E-state index < -0.39 is 0 Å². The van der Waals surface area contributed by atoms with Gasteiger partial charge >= 0.3 is 0 Å². The predicted octanol–water partition coefficient (Wildman–Crippen LogP) is 6.00. The van der Waals surface area contributed by atoms with E-state index in [1.807, 2.05) is 6.07 Å². The van der Waals surface area contributed by atoms with Crippen LogP contribution in [0, 0.1) is 0 Å².